The number of fused-ring (bicyclic) bond motifs is 1. The van der Waals surface area contributed by atoms with Crippen LogP contribution in [-0.4, -0.2) is 53.7 Å². The number of rotatable bonds is 2. The molecule has 4 rings (SSSR count). The smallest absolute Gasteiger partial charge is 0.272 e. The molecule has 0 bridgehead atoms. The molecule has 1 aliphatic rings. The second-order valence-corrected chi connectivity index (χ2v) is 8.19. The zero-order valence-electron chi connectivity index (χ0n) is 16.3. The van der Waals surface area contributed by atoms with Gasteiger partial charge in [-0.2, -0.15) is 5.10 Å². The number of piperidine rings is 1. The molecule has 1 fully saturated rings. The van der Waals surface area contributed by atoms with E-state index in [1.54, 1.807) is 10.9 Å². The maximum atomic E-state index is 13.0. The lowest BCUT2D eigenvalue weighted by Crippen LogP contribution is -2.40. The van der Waals surface area contributed by atoms with Crippen LogP contribution in [0.15, 0.2) is 24.4 Å². The molecule has 0 atom stereocenters. The van der Waals surface area contributed by atoms with E-state index in [-0.39, 0.29) is 17.4 Å². The zero-order chi connectivity index (χ0) is 19.2. The first-order valence-corrected chi connectivity index (χ1v) is 9.34. The second-order valence-electron chi connectivity index (χ2n) is 8.19. The number of carbonyl (C=O) groups is 1. The summed E-state index contributed by atoms with van der Waals surface area (Å²) in [6, 6.07) is 5.91. The maximum Gasteiger partial charge on any atom is 0.272 e. The monoisotopic (exact) mass is 367 g/mol. The molecule has 0 N–H and O–H groups in total. The van der Waals surface area contributed by atoms with E-state index in [1.165, 1.54) is 0 Å². The SMILES string of the molecule is Cn1nc(C(C)(C)C)cc1C(=O)N1CCC(n2nnc3cccnc32)CC1. The van der Waals surface area contributed by atoms with Crippen molar-refractivity contribution in [3.05, 3.63) is 35.8 Å². The number of aryl methyl sites for hydroxylation is 1. The summed E-state index contributed by atoms with van der Waals surface area (Å²) in [7, 11) is 1.84. The third-order valence-corrected chi connectivity index (χ3v) is 5.20. The molecule has 0 radical (unpaired) electrons. The molecule has 0 aromatic carbocycles. The first-order chi connectivity index (χ1) is 12.8. The van der Waals surface area contributed by atoms with Crippen molar-refractivity contribution in [2.24, 2.45) is 7.05 Å². The number of likely N-dealkylation sites (tertiary alicyclic amines) is 1. The molecule has 27 heavy (non-hydrogen) atoms. The van der Waals surface area contributed by atoms with Crippen molar-refractivity contribution in [3.63, 3.8) is 0 Å². The number of hydrogen-bond donors (Lipinski definition) is 0. The third kappa shape index (κ3) is 3.20. The quantitative estimate of drug-likeness (QED) is 0.694. The number of amides is 1. The maximum absolute atomic E-state index is 13.0. The van der Waals surface area contributed by atoms with Crippen LogP contribution in [0.5, 0.6) is 0 Å². The fourth-order valence-electron chi connectivity index (χ4n) is 3.54. The Labute approximate surface area is 158 Å². The summed E-state index contributed by atoms with van der Waals surface area (Å²) in [5, 5.41) is 13.0. The van der Waals surface area contributed by atoms with Gasteiger partial charge in [0.25, 0.3) is 5.91 Å². The molecule has 8 nitrogen and oxygen atoms in total. The van der Waals surface area contributed by atoms with Crippen LogP contribution in [-0.2, 0) is 12.5 Å². The van der Waals surface area contributed by atoms with Crippen molar-refractivity contribution in [3.8, 4) is 0 Å². The molecule has 0 saturated carbocycles. The normalized spacial score (nSPS) is 16.2. The van der Waals surface area contributed by atoms with Crippen molar-refractivity contribution in [1.82, 2.24) is 34.7 Å². The van der Waals surface area contributed by atoms with Crippen molar-refractivity contribution in [2.75, 3.05) is 13.1 Å². The van der Waals surface area contributed by atoms with Crippen LogP contribution in [0.2, 0.25) is 0 Å². The Hall–Kier alpha value is -2.77. The molecule has 8 heteroatoms. The van der Waals surface area contributed by atoms with Gasteiger partial charge in [0.05, 0.1) is 11.7 Å². The van der Waals surface area contributed by atoms with Crippen LogP contribution in [0.4, 0.5) is 0 Å². The van der Waals surface area contributed by atoms with E-state index in [0.717, 1.165) is 29.7 Å². The molecule has 3 aromatic rings. The van der Waals surface area contributed by atoms with Crippen LogP contribution in [0.1, 0.15) is 55.8 Å². The van der Waals surface area contributed by atoms with Gasteiger partial charge in [-0.25, -0.2) is 9.67 Å². The summed E-state index contributed by atoms with van der Waals surface area (Å²) in [6.07, 6.45) is 3.44. The minimum atomic E-state index is -0.0789. The number of nitrogens with zero attached hydrogens (tertiary/aromatic N) is 7. The Bertz CT molecular complexity index is 974. The fraction of sp³-hybridized carbons (Fsp3) is 0.526. The molecule has 0 spiro atoms. The summed E-state index contributed by atoms with van der Waals surface area (Å²) in [5.74, 6) is 0.0422. The van der Waals surface area contributed by atoms with Gasteiger partial charge in [-0.1, -0.05) is 26.0 Å². The van der Waals surface area contributed by atoms with Gasteiger partial charge in [0, 0.05) is 31.7 Å². The number of hydrogen-bond acceptors (Lipinski definition) is 5. The first kappa shape index (κ1) is 17.6. The molecule has 142 valence electrons. The van der Waals surface area contributed by atoms with Crippen molar-refractivity contribution >= 4 is 17.1 Å². The summed E-state index contributed by atoms with van der Waals surface area (Å²) >= 11 is 0. The Balaban J connectivity index is 1.48. The van der Waals surface area contributed by atoms with E-state index >= 15 is 0 Å². The van der Waals surface area contributed by atoms with Gasteiger partial charge in [0.15, 0.2) is 5.65 Å². The summed E-state index contributed by atoms with van der Waals surface area (Å²) < 4.78 is 3.60. The van der Waals surface area contributed by atoms with Gasteiger partial charge < -0.3 is 4.90 Å². The van der Waals surface area contributed by atoms with Gasteiger partial charge in [-0.15, -0.1) is 5.10 Å². The molecular formula is C19H25N7O. The molecule has 1 aliphatic heterocycles. The van der Waals surface area contributed by atoms with Gasteiger partial charge in [0.1, 0.15) is 11.2 Å². The summed E-state index contributed by atoms with van der Waals surface area (Å²) in [5.41, 5.74) is 3.11. The molecule has 0 aliphatic carbocycles. The van der Waals surface area contributed by atoms with E-state index in [4.69, 9.17) is 0 Å². The summed E-state index contributed by atoms with van der Waals surface area (Å²) in [6.45, 7) is 7.68. The fourth-order valence-corrected chi connectivity index (χ4v) is 3.54. The number of pyridine rings is 1. The lowest BCUT2D eigenvalue weighted by Gasteiger charge is -2.31. The van der Waals surface area contributed by atoms with E-state index in [2.05, 4.69) is 41.2 Å². The highest BCUT2D eigenvalue weighted by molar-refractivity contribution is 5.92. The highest BCUT2D eigenvalue weighted by Crippen LogP contribution is 2.26. The zero-order valence-corrected chi connectivity index (χ0v) is 16.3. The number of carbonyl (C=O) groups excluding carboxylic acids is 1. The highest BCUT2D eigenvalue weighted by atomic mass is 16.2. The lowest BCUT2D eigenvalue weighted by atomic mass is 9.92. The van der Waals surface area contributed by atoms with Crippen molar-refractivity contribution < 1.29 is 4.79 Å². The predicted molar refractivity (Wildman–Crippen MR) is 101 cm³/mol. The third-order valence-electron chi connectivity index (χ3n) is 5.20. The van der Waals surface area contributed by atoms with Crippen molar-refractivity contribution in [1.29, 1.82) is 0 Å². The minimum absolute atomic E-state index is 0.0422. The van der Waals surface area contributed by atoms with Crippen LogP contribution < -0.4 is 0 Å². The minimum Gasteiger partial charge on any atom is -0.337 e. The van der Waals surface area contributed by atoms with Gasteiger partial charge >= 0.3 is 0 Å². The Morgan fingerprint density at radius 3 is 2.63 bits per heavy atom. The standard InChI is InChI=1S/C19H25N7O/c1-19(2,3)16-12-15(24(4)22-16)18(27)25-10-7-13(8-11-25)26-17-14(21-23-26)6-5-9-20-17/h5-6,9,12-13H,7-8,10-11H2,1-4H3. The lowest BCUT2D eigenvalue weighted by molar-refractivity contribution is 0.0679. The Morgan fingerprint density at radius 1 is 1.22 bits per heavy atom. The highest BCUT2D eigenvalue weighted by Gasteiger charge is 2.29. The van der Waals surface area contributed by atoms with Gasteiger partial charge in [-0.3, -0.25) is 9.48 Å². The topological polar surface area (TPSA) is 81.7 Å². The van der Waals surface area contributed by atoms with E-state index in [1.807, 2.05) is 34.8 Å². The molecule has 0 unspecified atom stereocenters. The first-order valence-electron chi connectivity index (χ1n) is 9.34. The Morgan fingerprint density at radius 2 is 1.96 bits per heavy atom. The van der Waals surface area contributed by atoms with Crippen LogP contribution in [0.3, 0.4) is 0 Å². The van der Waals surface area contributed by atoms with Gasteiger partial charge in [-0.05, 0) is 31.0 Å². The molecule has 4 heterocycles. The molecule has 1 amide bonds. The van der Waals surface area contributed by atoms with E-state index in [0.29, 0.717) is 18.8 Å². The van der Waals surface area contributed by atoms with E-state index in [9.17, 15) is 4.79 Å². The second kappa shape index (κ2) is 6.44. The van der Waals surface area contributed by atoms with Gasteiger partial charge in [0.2, 0.25) is 0 Å². The van der Waals surface area contributed by atoms with Crippen LogP contribution in [0.25, 0.3) is 11.2 Å². The number of aromatic nitrogens is 6. The van der Waals surface area contributed by atoms with Crippen LogP contribution >= 0.6 is 0 Å². The average Bonchev–Trinajstić information content (AvgIpc) is 3.25. The molecular weight excluding hydrogens is 342 g/mol. The van der Waals surface area contributed by atoms with Crippen LogP contribution in [0, 0.1) is 0 Å². The van der Waals surface area contributed by atoms with E-state index < -0.39 is 0 Å². The Kier molecular flexibility index (Phi) is 4.20. The molecule has 3 aromatic heterocycles. The predicted octanol–water partition coefficient (Wildman–Crippen LogP) is 2.33. The largest absolute Gasteiger partial charge is 0.337 e. The van der Waals surface area contributed by atoms with Crippen molar-refractivity contribution in [2.45, 2.75) is 45.1 Å². The summed E-state index contributed by atoms with van der Waals surface area (Å²) in [4.78, 5) is 19.3. The molecule has 1 saturated heterocycles. The average molecular weight is 367 g/mol.